The van der Waals surface area contributed by atoms with Crippen molar-refractivity contribution in [3.8, 4) is 0 Å². The van der Waals surface area contributed by atoms with E-state index in [0.717, 1.165) is 4.90 Å². The van der Waals surface area contributed by atoms with E-state index in [-0.39, 0.29) is 5.56 Å². The van der Waals surface area contributed by atoms with Gasteiger partial charge in [-0.2, -0.15) is 26.3 Å². The molecular formula is C12H10F6O2S. The molecule has 0 radical (unpaired) electrons. The zero-order chi connectivity index (χ0) is 16.3. The van der Waals surface area contributed by atoms with Gasteiger partial charge in [0.15, 0.2) is 5.78 Å². The van der Waals surface area contributed by atoms with Crippen molar-refractivity contribution in [1.29, 1.82) is 0 Å². The third-order valence-electron chi connectivity index (χ3n) is 2.39. The van der Waals surface area contributed by atoms with E-state index in [4.69, 9.17) is 0 Å². The summed E-state index contributed by atoms with van der Waals surface area (Å²) in [5, 5.41) is 0. The van der Waals surface area contributed by atoms with E-state index in [9.17, 15) is 31.1 Å². The van der Waals surface area contributed by atoms with E-state index >= 15 is 0 Å². The zero-order valence-corrected chi connectivity index (χ0v) is 11.4. The minimum atomic E-state index is -5.62. The first-order chi connectivity index (χ1) is 9.55. The molecule has 118 valence electrons. The van der Waals surface area contributed by atoms with Gasteiger partial charge in [-0.3, -0.25) is 4.79 Å². The summed E-state index contributed by atoms with van der Waals surface area (Å²) in [6, 6.07) is 5.69. The molecule has 21 heavy (non-hydrogen) atoms. The standard InChI is InChI=1S/C12H10F6O2S/c1-21-8-4-2-7(3-5-8)9(19)6-20-10(11(13,14)15)12(16,17)18/h2-5,10H,6H2,1H3. The molecule has 0 aliphatic carbocycles. The fourth-order valence-electron chi connectivity index (χ4n) is 1.39. The molecule has 0 bridgehead atoms. The molecule has 2 nitrogen and oxygen atoms in total. The molecule has 1 aromatic rings. The first kappa shape index (κ1) is 17.8. The third-order valence-corrected chi connectivity index (χ3v) is 3.13. The number of hydrogen-bond donors (Lipinski definition) is 0. The van der Waals surface area contributed by atoms with Gasteiger partial charge in [0, 0.05) is 10.5 Å². The van der Waals surface area contributed by atoms with Crippen LogP contribution in [0.1, 0.15) is 10.4 Å². The van der Waals surface area contributed by atoms with E-state index in [1.807, 2.05) is 0 Å². The Hall–Kier alpha value is -1.22. The number of halogens is 6. The lowest BCUT2D eigenvalue weighted by Gasteiger charge is -2.22. The molecule has 0 aromatic heterocycles. The van der Waals surface area contributed by atoms with Gasteiger partial charge in [0.1, 0.15) is 6.61 Å². The topological polar surface area (TPSA) is 26.3 Å². The number of ether oxygens (including phenoxy) is 1. The summed E-state index contributed by atoms with van der Waals surface area (Å²) in [5.41, 5.74) is -0.0177. The van der Waals surface area contributed by atoms with E-state index in [0.29, 0.717) is 0 Å². The Morgan fingerprint density at radius 2 is 1.57 bits per heavy atom. The van der Waals surface area contributed by atoms with Crippen LogP contribution in [0, 0.1) is 0 Å². The predicted octanol–water partition coefficient (Wildman–Crippen LogP) is 4.10. The lowest BCUT2D eigenvalue weighted by atomic mass is 10.1. The fraction of sp³-hybridized carbons (Fsp3) is 0.417. The SMILES string of the molecule is CSc1ccc(C(=O)COC(C(F)(F)F)C(F)(F)F)cc1. The normalized spacial score (nSPS) is 12.8. The van der Waals surface area contributed by atoms with Crippen LogP contribution in [0.4, 0.5) is 26.3 Å². The number of ketones is 1. The second-order valence-electron chi connectivity index (χ2n) is 3.93. The third kappa shape index (κ3) is 5.24. The number of rotatable bonds is 5. The van der Waals surface area contributed by atoms with Crippen molar-refractivity contribution in [1.82, 2.24) is 0 Å². The van der Waals surface area contributed by atoms with Crippen LogP contribution < -0.4 is 0 Å². The van der Waals surface area contributed by atoms with Gasteiger partial charge in [0.2, 0.25) is 6.10 Å². The summed E-state index contributed by atoms with van der Waals surface area (Å²) in [5.74, 6) is -0.957. The summed E-state index contributed by atoms with van der Waals surface area (Å²) in [6.45, 7) is -1.30. The highest BCUT2D eigenvalue weighted by Gasteiger charge is 2.58. The van der Waals surface area contributed by atoms with E-state index in [2.05, 4.69) is 4.74 Å². The Morgan fingerprint density at radius 1 is 1.10 bits per heavy atom. The maximum Gasteiger partial charge on any atom is 0.423 e. The second kappa shape index (κ2) is 6.69. The highest BCUT2D eigenvalue weighted by atomic mass is 32.2. The highest BCUT2D eigenvalue weighted by molar-refractivity contribution is 7.98. The Kier molecular flexibility index (Phi) is 5.68. The van der Waals surface area contributed by atoms with Crippen molar-refractivity contribution in [3.05, 3.63) is 29.8 Å². The van der Waals surface area contributed by atoms with Crippen molar-refractivity contribution in [2.45, 2.75) is 23.4 Å². The van der Waals surface area contributed by atoms with E-state index < -0.39 is 30.8 Å². The van der Waals surface area contributed by atoms with Crippen LogP contribution >= 0.6 is 11.8 Å². The molecule has 0 atom stereocenters. The van der Waals surface area contributed by atoms with Gasteiger partial charge in [-0.1, -0.05) is 12.1 Å². The van der Waals surface area contributed by atoms with Gasteiger partial charge in [-0.05, 0) is 18.4 Å². The van der Waals surface area contributed by atoms with Crippen LogP contribution in [-0.2, 0) is 4.74 Å². The molecule has 0 spiro atoms. The summed E-state index contributed by atoms with van der Waals surface area (Å²) in [4.78, 5) is 12.3. The first-order valence-electron chi connectivity index (χ1n) is 5.48. The number of hydrogen-bond acceptors (Lipinski definition) is 3. The Bertz CT molecular complexity index is 466. The maximum absolute atomic E-state index is 12.2. The number of carbonyl (C=O) groups excluding carboxylic acids is 1. The fourth-order valence-corrected chi connectivity index (χ4v) is 1.80. The monoisotopic (exact) mass is 332 g/mol. The lowest BCUT2D eigenvalue weighted by Crippen LogP contribution is -2.45. The Labute approximate surface area is 120 Å². The summed E-state index contributed by atoms with van der Waals surface area (Å²) in [7, 11) is 0. The van der Waals surface area contributed by atoms with Crippen LogP contribution in [-0.4, -0.2) is 37.1 Å². The molecule has 1 aromatic carbocycles. The minimum Gasteiger partial charge on any atom is -0.353 e. The van der Waals surface area contributed by atoms with Gasteiger partial charge in [0.25, 0.3) is 0 Å². The predicted molar refractivity (Wildman–Crippen MR) is 64.4 cm³/mol. The van der Waals surface area contributed by atoms with E-state index in [1.54, 1.807) is 6.26 Å². The molecule has 0 saturated heterocycles. The van der Waals surface area contributed by atoms with Crippen LogP contribution in [0.2, 0.25) is 0 Å². The van der Waals surface area contributed by atoms with Crippen LogP contribution in [0.5, 0.6) is 0 Å². The average Bonchev–Trinajstić information content (AvgIpc) is 2.35. The summed E-state index contributed by atoms with van der Waals surface area (Å²) >= 11 is 1.37. The first-order valence-corrected chi connectivity index (χ1v) is 6.70. The zero-order valence-electron chi connectivity index (χ0n) is 10.6. The van der Waals surface area contributed by atoms with Gasteiger partial charge < -0.3 is 4.74 Å². The Balaban J connectivity index is 2.73. The molecule has 0 aliphatic heterocycles. The quantitative estimate of drug-likeness (QED) is 0.461. The molecular weight excluding hydrogens is 322 g/mol. The lowest BCUT2D eigenvalue weighted by molar-refractivity contribution is -0.318. The van der Waals surface area contributed by atoms with Crippen molar-refractivity contribution < 1.29 is 35.9 Å². The molecule has 1 rings (SSSR count). The van der Waals surface area contributed by atoms with Crippen molar-refractivity contribution in [2.75, 3.05) is 12.9 Å². The smallest absolute Gasteiger partial charge is 0.353 e. The number of carbonyl (C=O) groups is 1. The number of benzene rings is 1. The molecule has 0 saturated carbocycles. The second-order valence-corrected chi connectivity index (χ2v) is 4.81. The Morgan fingerprint density at radius 3 is 1.95 bits per heavy atom. The van der Waals surface area contributed by atoms with Crippen molar-refractivity contribution in [3.63, 3.8) is 0 Å². The number of alkyl halides is 6. The van der Waals surface area contributed by atoms with Crippen LogP contribution in [0.25, 0.3) is 0 Å². The molecule has 0 fully saturated rings. The molecule has 0 heterocycles. The molecule has 9 heteroatoms. The molecule has 0 amide bonds. The highest BCUT2D eigenvalue weighted by Crippen LogP contribution is 2.35. The average molecular weight is 332 g/mol. The molecule has 0 aliphatic rings. The number of Topliss-reactive ketones (excluding diaryl/α,β-unsaturated/α-hetero) is 1. The van der Waals surface area contributed by atoms with E-state index in [1.165, 1.54) is 36.0 Å². The number of thioether (sulfide) groups is 1. The maximum atomic E-state index is 12.2. The minimum absolute atomic E-state index is 0.0177. The van der Waals surface area contributed by atoms with Gasteiger partial charge in [-0.15, -0.1) is 11.8 Å². The summed E-state index contributed by atoms with van der Waals surface area (Å²) < 4.78 is 77.0. The van der Waals surface area contributed by atoms with Crippen LogP contribution in [0.3, 0.4) is 0 Å². The largest absolute Gasteiger partial charge is 0.423 e. The van der Waals surface area contributed by atoms with Crippen LogP contribution in [0.15, 0.2) is 29.2 Å². The summed E-state index contributed by atoms with van der Waals surface area (Å²) in [6.07, 6.45) is -13.4. The molecule has 0 N–H and O–H groups in total. The van der Waals surface area contributed by atoms with Crippen molar-refractivity contribution >= 4 is 17.5 Å². The molecule has 0 unspecified atom stereocenters. The van der Waals surface area contributed by atoms with Gasteiger partial charge in [-0.25, -0.2) is 0 Å². The van der Waals surface area contributed by atoms with Crippen molar-refractivity contribution in [2.24, 2.45) is 0 Å². The van der Waals surface area contributed by atoms with Gasteiger partial charge in [0.05, 0.1) is 0 Å². The van der Waals surface area contributed by atoms with Gasteiger partial charge >= 0.3 is 12.4 Å².